The second-order valence-electron chi connectivity index (χ2n) is 7.71. The first-order valence-corrected chi connectivity index (χ1v) is 9.92. The standard InChI is InChI=1S/C19H32N2O3/c22-18(9-8-15-5-2-1-3-6-15)20-16-10-12-21(13-11-16)19(23)17-7-4-14-24-17/h15-17H,1-14H2,(H,20,22). The maximum atomic E-state index is 12.3. The number of hydrogen-bond acceptors (Lipinski definition) is 3. The van der Waals surface area contributed by atoms with Crippen molar-refractivity contribution >= 4 is 11.8 Å². The zero-order chi connectivity index (χ0) is 16.8. The number of amides is 2. The lowest BCUT2D eigenvalue weighted by molar-refractivity contribution is -0.142. The van der Waals surface area contributed by atoms with Crippen LogP contribution in [0.5, 0.6) is 0 Å². The van der Waals surface area contributed by atoms with Crippen molar-refractivity contribution in [1.82, 2.24) is 10.2 Å². The van der Waals surface area contributed by atoms with Crippen LogP contribution in [0.15, 0.2) is 0 Å². The molecule has 5 heteroatoms. The number of carbonyl (C=O) groups is 2. The molecule has 1 N–H and O–H groups in total. The van der Waals surface area contributed by atoms with E-state index in [0.717, 1.165) is 51.1 Å². The van der Waals surface area contributed by atoms with Crippen molar-refractivity contribution in [2.45, 2.75) is 82.8 Å². The highest BCUT2D eigenvalue weighted by Crippen LogP contribution is 2.27. The van der Waals surface area contributed by atoms with Crippen molar-refractivity contribution in [3.8, 4) is 0 Å². The summed E-state index contributed by atoms with van der Waals surface area (Å²) >= 11 is 0. The van der Waals surface area contributed by atoms with Crippen molar-refractivity contribution in [2.75, 3.05) is 19.7 Å². The molecular formula is C19H32N2O3. The van der Waals surface area contributed by atoms with E-state index in [1.807, 2.05) is 4.90 Å². The van der Waals surface area contributed by atoms with Gasteiger partial charge in [-0.15, -0.1) is 0 Å². The summed E-state index contributed by atoms with van der Waals surface area (Å²) in [4.78, 5) is 26.4. The van der Waals surface area contributed by atoms with Crippen molar-refractivity contribution in [1.29, 1.82) is 0 Å². The molecular weight excluding hydrogens is 304 g/mol. The molecule has 0 aromatic rings. The molecule has 3 rings (SSSR count). The van der Waals surface area contributed by atoms with E-state index in [0.29, 0.717) is 13.0 Å². The van der Waals surface area contributed by atoms with Crippen LogP contribution in [0.1, 0.15) is 70.6 Å². The number of ether oxygens (including phenoxy) is 1. The highest BCUT2D eigenvalue weighted by atomic mass is 16.5. The van der Waals surface area contributed by atoms with E-state index in [4.69, 9.17) is 4.74 Å². The van der Waals surface area contributed by atoms with Gasteiger partial charge in [-0.25, -0.2) is 0 Å². The lowest BCUT2D eigenvalue weighted by atomic mass is 9.86. The molecule has 1 saturated carbocycles. The van der Waals surface area contributed by atoms with Gasteiger partial charge in [0.05, 0.1) is 0 Å². The third kappa shape index (κ3) is 4.95. The van der Waals surface area contributed by atoms with Gasteiger partial charge in [-0.1, -0.05) is 32.1 Å². The Morgan fingerprint density at radius 2 is 1.71 bits per heavy atom. The lowest BCUT2D eigenvalue weighted by Crippen LogP contribution is -2.49. The first kappa shape index (κ1) is 17.7. The fourth-order valence-corrected chi connectivity index (χ4v) is 4.33. The Hall–Kier alpha value is -1.10. The van der Waals surface area contributed by atoms with Gasteiger partial charge in [0.2, 0.25) is 5.91 Å². The third-order valence-corrected chi connectivity index (χ3v) is 5.88. The fraction of sp³-hybridized carbons (Fsp3) is 0.895. The van der Waals surface area contributed by atoms with Gasteiger partial charge >= 0.3 is 0 Å². The molecule has 3 aliphatic rings. The first-order valence-electron chi connectivity index (χ1n) is 9.92. The normalized spacial score (nSPS) is 26.5. The van der Waals surface area contributed by atoms with Crippen LogP contribution in [-0.4, -0.2) is 48.6 Å². The predicted molar refractivity (Wildman–Crippen MR) is 92.5 cm³/mol. The quantitative estimate of drug-likeness (QED) is 0.839. The Bertz CT molecular complexity index is 420. The minimum atomic E-state index is -0.216. The Morgan fingerprint density at radius 3 is 2.38 bits per heavy atom. The molecule has 2 saturated heterocycles. The molecule has 0 spiro atoms. The van der Waals surface area contributed by atoms with E-state index < -0.39 is 0 Å². The third-order valence-electron chi connectivity index (χ3n) is 5.88. The lowest BCUT2D eigenvalue weighted by Gasteiger charge is -2.33. The van der Waals surface area contributed by atoms with Crippen LogP contribution in [0, 0.1) is 5.92 Å². The van der Waals surface area contributed by atoms with Crippen molar-refractivity contribution in [3.63, 3.8) is 0 Å². The SMILES string of the molecule is O=C(CCC1CCCCC1)NC1CCN(C(=O)C2CCCO2)CC1. The van der Waals surface area contributed by atoms with E-state index >= 15 is 0 Å². The zero-order valence-electron chi connectivity index (χ0n) is 14.8. The highest BCUT2D eigenvalue weighted by molar-refractivity contribution is 5.81. The summed E-state index contributed by atoms with van der Waals surface area (Å²) in [6.07, 6.45) is 11.7. The van der Waals surface area contributed by atoms with Crippen LogP contribution in [0.3, 0.4) is 0 Å². The molecule has 136 valence electrons. The van der Waals surface area contributed by atoms with Gasteiger partial charge in [-0.3, -0.25) is 9.59 Å². The van der Waals surface area contributed by atoms with Crippen LogP contribution < -0.4 is 5.32 Å². The second-order valence-corrected chi connectivity index (χ2v) is 7.71. The number of hydrogen-bond donors (Lipinski definition) is 1. The summed E-state index contributed by atoms with van der Waals surface area (Å²) in [6, 6.07) is 0.234. The van der Waals surface area contributed by atoms with Crippen molar-refractivity contribution in [3.05, 3.63) is 0 Å². The van der Waals surface area contributed by atoms with E-state index in [-0.39, 0.29) is 24.0 Å². The maximum absolute atomic E-state index is 12.3. The summed E-state index contributed by atoms with van der Waals surface area (Å²) in [5, 5.41) is 3.18. The van der Waals surface area contributed by atoms with Crippen LogP contribution in [0.25, 0.3) is 0 Å². The Morgan fingerprint density at radius 1 is 0.958 bits per heavy atom. The molecule has 0 aromatic carbocycles. The second kappa shape index (κ2) is 8.84. The number of nitrogens with zero attached hydrogens (tertiary/aromatic N) is 1. The monoisotopic (exact) mass is 336 g/mol. The fourth-order valence-electron chi connectivity index (χ4n) is 4.33. The first-order chi connectivity index (χ1) is 11.7. The van der Waals surface area contributed by atoms with E-state index in [1.165, 1.54) is 32.1 Å². The summed E-state index contributed by atoms with van der Waals surface area (Å²) in [5.74, 6) is 1.11. The minimum Gasteiger partial charge on any atom is -0.368 e. The van der Waals surface area contributed by atoms with Crippen LogP contribution in [0.2, 0.25) is 0 Å². The molecule has 2 heterocycles. The van der Waals surface area contributed by atoms with Crippen LogP contribution in [-0.2, 0) is 14.3 Å². The maximum Gasteiger partial charge on any atom is 0.251 e. The molecule has 0 radical (unpaired) electrons. The van der Waals surface area contributed by atoms with Crippen LogP contribution in [0.4, 0.5) is 0 Å². The van der Waals surface area contributed by atoms with Gasteiger partial charge in [-0.05, 0) is 38.0 Å². The van der Waals surface area contributed by atoms with Gasteiger partial charge in [0, 0.05) is 32.2 Å². The smallest absolute Gasteiger partial charge is 0.251 e. The van der Waals surface area contributed by atoms with E-state index in [1.54, 1.807) is 0 Å². The molecule has 5 nitrogen and oxygen atoms in total. The average molecular weight is 336 g/mol. The molecule has 1 aliphatic carbocycles. The van der Waals surface area contributed by atoms with Crippen molar-refractivity contribution < 1.29 is 14.3 Å². The van der Waals surface area contributed by atoms with Gasteiger partial charge in [-0.2, -0.15) is 0 Å². The predicted octanol–water partition coefficient (Wildman–Crippen LogP) is 2.63. The molecule has 3 fully saturated rings. The van der Waals surface area contributed by atoms with Crippen molar-refractivity contribution in [2.24, 2.45) is 5.92 Å². The number of nitrogens with one attached hydrogen (secondary N) is 1. The molecule has 1 unspecified atom stereocenters. The summed E-state index contributed by atoms with van der Waals surface area (Å²) in [5.41, 5.74) is 0. The number of carbonyl (C=O) groups excluding carboxylic acids is 2. The highest BCUT2D eigenvalue weighted by Gasteiger charge is 2.31. The van der Waals surface area contributed by atoms with E-state index in [9.17, 15) is 9.59 Å². The molecule has 1 atom stereocenters. The van der Waals surface area contributed by atoms with E-state index in [2.05, 4.69) is 5.32 Å². The minimum absolute atomic E-state index is 0.148. The van der Waals surface area contributed by atoms with Gasteiger partial charge in [0.15, 0.2) is 0 Å². The molecule has 0 aromatic heterocycles. The summed E-state index contributed by atoms with van der Waals surface area (Å²) in [6.45, 7) is 2.20. The van der Waals surface area contributed by atoms with Crippen LogP contribution >= 0.6 is 0 Å². The summed E-state index contributed by atoms with van der Waals surface area (Å²) < 4.78 is 5.49. The number of rotatable bonds is 5. The average Bonchev–Trinajstić information content (AvgIpc) is 3.16. The number of piperidine rings is 1. The largest absolute Gasteiger partial charge is 0.368 e. The molecule has 2 aliphatic heterocycles. The topological polar surface area (TPSA) is 58.6 Å². The zero-order valence-corrected chi connectivity index (χ0v) is 14.8. The Labute approximate surface area is 145 Å². The molecule has 2 amide bonds. The molecule has 0 bridgehead atoms. The van der Waals surface area contributed by atoms with Gasteiger partial charge in [0.25, 0.3) is 5.91 Å². The van der Waals surface area contributed by atoms with Gasteiger partial charge < -0.3 is 15.0 Å². The van der Waals surface area contributed by atoms with Gasteiger partial charge in [0.1, 0.15) is 6.10 Å². The Kier molecular flexibility index (Phi) is 6.52. The molecule has 24 heavy (non-hydrogen) atoms. The summed E-state index contributed by atoms with van der Waals surface area (Å²) in [7, 11) is 0. The number of likely N-dealkylation sites (tertiary alicyclic amines) is 1. The Balaban J connectivity index is 1.32.